The highest BCUT2D eigenvalue weighted by molar-refractivity contribution is 5.76. The number of esters is 1. The maximum Gasteiger partial charge on any atom is 0.342 e. The monoisotopic (exact) mass is 260 g/mol. The summed E-state index contributed by atoms with van der Waals surface area (Å²) < 4.78 is 31.1. The Morgan fingerprint density at radius 2 is 2.17 bits per heavy atom. The zero-order chi connectivity index (χ0) is 13.9. The van der Waals surface area contributed by atoms with Gasteiger partial charge in [0.15, 0.2) is 0 Å². The Balaban J connectivity index is 3.00. The maximum absolute atomic E-state index is 13.6. The molecule has 1 aromatic carbocycles. The minimum atomic E-state index is -2.17. The summed E-state index contributed by atoms with van der Waals surface area (Å²) in [5.74, 6) is -2.67. The van der Waals surface area contributed by atoms with E-state index < -0.39 is 35.4 Å². The van der Waals surface area contributed by atoms with Crippen LogP contribution in [-0.2, 0) is 9.53 Å². The zero-order valence-corrected chi connectivity index (χ0v) is 9.69. The van der Waals surface area contributed by atoms with E-state index in [2.05, 4.69) is 4.74 Å². The van der Waals surface area contributed by atoms with Crippen molar-refractivity contribution in [1.29, 1.82) is 0 Å². The number of nitrogen functional groups attached to an aromatic ring is 1. The standard InChI is InChI=1S/C11H14F2N2O3/c1-2-18-11(17)7(13)8(14)5-3-4-6(12)9(15)10(5)16/h3-4,7-8,16H,2,14-15H2,1H3/t7?,8-/m0/s1. The van der Waals surface area contributed by atoms with E-state index in [0.717, 1.165) is 12.1 Å². The van der Waals surface area contributed by atoms with Crippen molar-refractivity contribution in [1.82, 2.24) is 0 Å². The van der Waals surface area contributed by atoms with E-state index in [0.29, 0.717) is 0 Å². The number of anilines is 1. The molecule has 0 bridgehead atoms. The summed E-state index contributed by atoms with van der Waals surface area (Å²) in [7, 11) is 0. The molecule has 18 heavy (non-hydrogen) atoms. The van der Waals surface area contributed by atoms with E-state index in [1.54, 1.807) is 0 Å². The third-order valence-electron chi connectivity index (χ3n) is 2.38. The fourth-order valence-corrected chi connectivity index (χ4v) is 1.40. The number of phenols is 1. The van der Waals surface area contributed by atoms with Gasteiger partial charge in [-0.2, -0.15) is 0 Å². The van der Waals surface area contributed by atoms with Gasteiger partial charge in [0.1, 0.15) is 17.3 Å². The topological polar surface area (TPSA) is 98.6 Å². The van der Waals surface area contributed by atoms with Gasteiger partial charge in [0.05, 0.1) is 12.6 Å². The minimum absolute atomic E-state index is 0.00348. The van der Waals surface area contributed by atoms with Crippen LogP contribution in [0.25, 0.3) is 0 Å². The Morgan fingerprint density at radius 3 is 2.72 bits per heavy atom. The van der Waals surface area contributed by atoms with Gasteiger partial charge in [-0.1, -0.05) is 6.07 Å². The molecule has 1 rings (SSSR count). The van der Waals surface area contributed by atoms with Gasteiger partial charge in [0.2, 0.25) is 6.17 Å². The molecular formula is C11H14F2N2O3. The van der Waals surface area contributed by atoms with E-state index in [1.165, 1.54) is 6.92 Å². The van der Waals surface area contributed by atoms with Crippen molar-refractivity contribution in [2.24, 2.45) is 5.73 Å². The fraction of sp³-hybridized carbons (Fsp3) is 0.364. The van der Waals surface area contributed by atoms with Crippen molar-refractivity contribution < 1.29 is 23.4 Å². The lowest BCUT2D eigenvalue weighted by Crippen LogP contribution is -2.31. The second-order valence-corrected chi connectivity index (χ2v) is 3.58. The van der Waals surface area contributed by atoms with Crippen LogP contribution in [0.5, 0.6) is 5.75 Å². The molecule has 0 amide bonds. The van der Waals surface area contributed by atoms with Crippen molar-refractivity contribution >= 4 is 11.7 Å². The van der Waals surface area contributed by atoms with Gasteiger partial charge in [-0.3, -0.25) is 0 Å². The van der Waals surface area contributed by atoms with Gasteiger partial charge in [0, 0.05) is 5.56 Å². The summed E-state index contributed by atoms with van der Waals surface area (Å²) >= 11 is 0. The third-order valence-corrected chi connectivity index (χ3v) is 2.38. The number of ether oxygens (including phenoxy) is 1. The van der Waals surface area contributed by atoms with Crippen molar-refractivity contribution in [3.8, 4) is 5.75 Å². The molecule has 0 spiro atoms. The lowest BCUT2D eigenvalue weighted by Gasteiger charge is -2.17. The lowest BCUT2D eigenvalue weighted by molar-refractivity contribution is -0.149. The largest absolute Gasteiger partial charge is 0.505 e. The predicted octanol–water partition coefficient (Wildman–Crippen LogP) is 1.01. The van der Waals surface area contributed by atoms with E-state index in [4.69, 9.17) is 11.5 Å². The maximum atomic E-state index is 13.6. The van der Waals surface area contributed by atoms with Gasteiger partial charge in [-0.15, -0.1) is 0 Å². The van der Waals surface area contributed by atoms with Crippen LogP contribution in [0.4, 0.5) is 14.5 Å². The fourth-order valence-electron chi connectivity index (χ4n) is 1.40. The van der Waals surface area contributed by atoms with Gasteiger partial charge in [-0.05, 0) is 13.0 Å². The normalized spacial score (nSPS) is 14.0. The summed E-state index contributed by atoms with van der Waals surface area (Å²) in [5, 5.41) is 9.55. The SMILES string of the molecule is CCOC(=O)C(F)[C@@H](N)c1ccc(F)c(N)c1O. The molecule has 2 atom stereocenters. The highest BCUT2D eigenvalue weighted by Crippen LogP contribution is 2.33. The second-order valence-electron chi connectivity index (χ2n) is 3.58. The summed E-state index contributed by atoms with van der Waals surface area (Å²) in [5.41, 5.74) is 10.0. The molecule has 1 unspecified atom stereocenters. The van der Waals surface area contributed by atoms with Crippen LogP contribution in [0.1, 0.15) is 18.5 Å². The molecule has 0 saturated heterocycles. The molecular weight excluding hydrogens is 246 g/mol. The highest BCUT2D eigenvalue weighted by atomic mass is 19.1. The van der Waals surface area contributed by atoms with Crippen molar-refractivity contribution in [2.75, 3.05) is 12.3 Å². The Morgan fingerprint density at radius 1 is 1.56 bits per heavy atom. The number of carbonyl (C=O) groups excluding carboxylic acids is 1. The number of halogens is 2. The second kappa shape index (κ2) is 5.63. The van der Waals surface area contributed by atoms with Crippen LogP contribution in [0.2, 0.25) is 0 Å². The van der Waals surface area contributed by atoms with Crippen LogP contribution < -0.4 is 11.5 Å². The molecule has 100 valence electrons. The molecule has 0 radical (unpaired) electrons. The quantitative estimate of drug-likeness (QED) is 0.426. The molecule has 0 aliphatic heterocycles. The Bertz CT molecular complexity index is 454. The number of benzene rings is 1. The number of hydrogen-bond acceptors (Lipinski definition) is 5. The summed E-state index contributed by atoms with van der Waals surface area (Å²) in [6.07, 6.45) is -2.17. The lowest BCUT2D eigenvalue weighted by atomic mass is 10.0. The molecule has 5 N–H and O–H groups in total. The number of phenolic OH excluding ortho intramolecular Hbond substituents is 1. The number of aromatic hydroxyl groups is 1. The molecule has 0 fully saturated rings. The summed E-state index contributed by atoms with van der Waals surface area (Å²) in [6, 6.07) is 0.520. The van der Waals surface area contributed by atoms with Gasteiger partial charge in [0.25, 0.3) is 0 Å². The molecule has 0 aliphatic rings. The van der Waals surface area contributed by atoms with E-state index >= 15 is 0 Å². The number of carbonyl (C=O) groups is 1. The number of nitrogens with two attached hydrogens (primary N) is 2. The first-order chi connectivity index (χ1) is 8.40. The average Bonchev–Trinajstić information content (AvgIpc) is 2.35. The molecule has 7 heteroatoms. The Hall–Kier alpha value is -1.89. The molecule has 0 aliphatic carbocycles. The van der Waals surface area contributed by atoms with Crippen LogP contribution in [0.15, 0.2) is 12.1 Å². The molecule has 1 aromatic rings. The summed E-state index contributed by atoms with van der Waals surface area (Å²) in [4.78, 5) is 11.2. The number of rotatable bonds is 4. The Labute approximate surface area is 102 Å². The smallest absolute Gasteiger partial charge is 0.342 e. The molecule has 5 nitrogen and oxygen atoms in total. The first-order valence-electron chi connectivity index (χ1n) is 5.23. The molecule has 0 heterocycles. The number of alkyl halides is 1. The van der Waals surface area contributed by atoms with E-state index in [1.807, 2.05) is 0 Å². The van der Waals surface area contributed by atoms with Crippen LogP contribution >= 0.6 is 0 Å². The van der Waals surface area contributed by atoms with Gasteiger partial charge >= 0.3 is 5.97 Å². The van der Waals surface area contributed by atoms with Crippen molar-refractivity contribution in [2.45, 2.75) is 19.1 Å². The van der Waals surface area contributed by atoms with Crippen LogP contribution in [-0.4, -0.2) is 23.9 Å². The van der Waals surface area contributed by atoms with Crippen LogP contribution in [0.3, 0.4) is 0 Å². The van der Waals surface area contributed by atoms with Crippen LogP contribution in [0, 0.1) is 5.82 Å². The van der Waals surface area contributed by atoms with Crippen molar-refractivity contribution in [3.63, 3.8) is 0 Å². The summed E-state index contributed by atoms with van der Waals surface area (Å²) in [6.45, 7) is 1.52. The minimum Gasteiger partial charge on any atom is -0.505 e. The van der Waals surface area contributed by atoms with Gasteiger partial charge < -0.3 is 21.3 Å². The van der Waals surface area contributed by atoms with E-state index in [-0.39, 0.29) is 12.2 Å². The highest BCUT2D eigenvalue weighted by Gasteiger charge is 2.30. The Kier molecular flexibility index (Phi) is 4.43. The first-order valence-corrected chi connectivity index (χ1v) is 5.23. The number of hydrogen-bond donors (Lipinski definition) is 3. The zero-order valence-electron chi connectivity index (χ0n) is 9.69. The van der Waals surface area contributed by atoms with Gasteiger partial charge in [-0.25, -0.2) is 13.6 Å². The third kappa shape index (κ3) is 2.67. The first kappa shape index (κ1) is 14.2. The molecule has 0 saturated carbocycles. The van der Waals surface area contributed by atoms with Crippen molar-refractivity contribution in [3.05, 3.63) is 23.5 Å². The predicted molar refractivity (Wildman–Crippen MR) is 60.9 cm³/mol. The molecule has 0 aromatic heterocycles. The van der Waals surface area contributed by atoms with E-state index in [9.17, 15) is 18.7 Å². The average molecular weight is 260 g/mol.